The minimum atomic E-state index is -1.53. The van der Waals surface area contributed by atoms with Crippen molar-refractivity contribution in [2.45, 2.75) is 10.8 Å². The third-order valence-electron chi connectivity index (χ3n) is 3.75. The summed E-state index contributed by atoms with van der Waals surface area (Å²) in [6.45, 7) is 0. The van der Waals surface area contributed by atoms with Gasteiger partial charge in [0.1, 0.15) is 10.2 Å². The Morgan fingerprint density at radius 2 is 1.97 bits per heavy atom. The van der Waals surface area contributed by atoms with E-state index in [1.807, 2.05) is 0 Å². The van der Waals surface area contributed by atoms with Crippen LogP contribution in [0.1, 0.15) is 15.9 Å². The summed E-state index contributed by atoms with van der Waals surface area (Å²) in [7, 11) is 1.01. The number of hydrogen-bond acceptors (Lipinski definition) is 5. The Bertz CT molecular complexity index is 1070. The Labute approximate surface area is 173 Å². The van der Waals surface area contributed by atoms with Crippen molar-refractivity contribution in [2.24, 2.45) is 0 Å². The molecule has 0 radical (unpaired) electrons. The van der Waals surface area contributed by atoms with Gasteiger partial charge in [0.15, 0.2) is 17.4 Å². The fourth-order valence-electron chi connectivity index (χ4n) is 2.41. The van der Waals surface area contributed by atoms with Gasteiger partial charge in [-0.1, -0.05) is 11.6 Å². The molecule has 0 fully saturated rings. The SMILES string of the molecule is COc1c(F)cc(NC(=O)c2cccnc2SCc2ccnc(Cl)c2)c(F)c1F. The molecule has 0 aliphatic heterocycles. The van der Waals surface area contributed by atoms with Crippen LogP contribution in [0.3, 0.4) is 0 Å². The van der Waals surface area contributed by atoms with Crippen molar-refractivity contribution in [3.05, 3.63) is 76.5 Å². The first-order valence-corrected chi connectivity index (χ1v) is 9.48. The fourth-order valence-corrected chi connectivity index (χ4v) is 3.54. The molecule has 2 aromatic heterocycles. The standard InChI is InChI=1S/C19H13ClF3N3O2S/c1-28-17-12(21)8-13(15(22)16(17)23)26-18(27)11-3-2-5-25-19(11)29-9-10-4-6-24-14(20)7-10/h2-8H,9H2,1H3,(H,26,27). The zero-order valence-electron chi connectivity index (χ0n) is 14.9. The lowest BCUT2D eigenvalue weighted by Crippen LogP contribution is -2.16. The largest absolute Gasteiger partial charge is 0.491 e. The average Bonchev–Trinajstić information content (AvgIpc) is 2.71. The molecular weight excluding hydrogens is 427 g/mol. The van der Waals surface area contributed by atoms with E-state index in [0.717, 1.165) is 12.7 Å². The van der Waals surface area contributed by atoms with Gasteiger partial charge in [-0.3, -0.25) is 4.79 Å². The van der Waals surface area contributed by atoms with Crippen LogP contribution in [-0.4, -0.2) is 23.0 Å². The maximum atomic E-state index is 14.1. The molecule has 0 spiro atoms. The molecule has 10 heteroatoms. The van der Waals surface area contributed by atoms with E-state index >= 15 is 0 Å². The van der Waals surface area contributed by atoms with Gasteiger partial charge in [-0.05, 0) is 29.8 Å². The number of benzene rings is 1. The second-order valence-electron chi connectivity index (χ2n) is 5.65. The number of methoxy groups -OCH3 is 1. The summed E-state index contributed by atoms with van der Waals surface area (Å²) in [6.07, 6.45) is 3.05. The first-order chi connectivity index (χ1) is 13.9. The molecule has 0 unspecified atom stereocenters. The molecule has 0 saturated heterocycles. The quantitative estimate of drug-likeness (QED) is 0.329. The number of halogens is 4. The summed E-state index contributed by atoms with van der Waals surface area (Å²) in [5.41, 5.74) is 0.331. The number of anilines is 1. The number of thioether (sulfide) groups is 1. The van der Waals surface area contributed by atoms with E-state index in [0.29, 0.717) is 22.0 Å². The summed E-state index contributed by atoms with van der Waals surface area (Å²) >= 11 is 7.10. The van der Waals surface area contributed by atoms with Crippen LogP contribution in [0.2, 0.25) is 5.15 Å². The summed E-state index contributed by atoms with van der Waals surface area (Å²) in [5.74, 6) is -5.29. The highest BCUT2D eigenvalue weighted by Crippen LogP contribution is 2.30. The highest BCUT2D eigenvalue weighted by Gasteiger charge is 2.22. The van der Waals surface area contributed by atoms with Crippen molar-refractivity contribution in [1.82, 2.24) is 9.97 Å². The lowest BCUT2D eigenvalue weighted by molar-refractivity contribution is 0.102. The van der Waals surface area contributed by atoms with E-state index in [1.54, 1.807) is 18.3 Å². The Kier molecular flexibility index (Phi) is 6.60. The number of carbonyl (C=O) groups is 1. The van der Waals surface area contributed by atoms with E-state index in [2.05, 4.69) is 20.0 Å². The van der Waals surface area contributed by atoms with Crippen LogP contribution in [0.15, 0.2) is 47.8 Å². The Morgan fingerprint density at radius 1 is 1.17 bits per heavy atom. The van der Waals surface area contributed by atoms with Crippen molar-refractivity contribution < 1.29 is 22.7 Å². The van der Waals surface area contributed by atoms with Gasteiger partial charge < -0.3 is 10.1 Å². The van der Waals surface area contributed by atoms with Crippen molar-refractivity contribution in [2.75, 3.05) is 12.4 Å². The van der Waals surface area contributed by atoms with Gasteiger partial charge in [0.25, 0.3) is 5.91 Å². The van der Waals surface area contributed by atoms with E-state index in [4.69, 9.17) is 11.6 Å². The molecule has 150 valence electrons. The topological polar surface area (TPSA) is 64.1 Å². The molecule has 3 aromatic rings. The number of hydrogen-bond donors (Lipinski definition) is 1. The third-order valence-corrected chi connectivity index (χ3v) is 5.03. The van der Waals surface area contributed by atoms with Crippen LogP contribution in [0, 0.1) is 17.5 Å². The lowest BCUT2D eigenvalue weighted by Gasteiger charge is -2.12. The average molecular weight is 440 g/mol. The smallest absolute Gasteiger partial charge is 0.258 e. The highest BCUT2D eigenvalue weighted by molar-refractivity contribution is 7.98. The number of ether oxygens (including phenoxy) is 1. The molecule has 0 saturated carbocycles. The Balaban J connectivity index is 1.82. The summed E-state index contributed by atoms with van der Waals surface area (Å²) < 4.78 is 46.3. The number of amides is 1. The maximum Gasteiger partial charge on any atom is 0.258 e. The predicted molar refractivity (Wildman–Crippen MR) is 104 cm³/mol. The summed E-state index contributed by atoms with van der Waals surface area (Å²) in [4.78, 5) is 20.6. The fraction of sp³-hybridized carbons (Fsp3) is 0.105. The van der Waals surface area contributed by atoms with Crippen molar-refractivity contribution >= 4 is 35.0 Å². The van der Waals surface area contributed by atoms with Gasteiger partial charge in [0.05, 0.1) is 18.4 Å². The molecule has 1 amide bonds. The monoisotopic (exact) mass is 439 g/mol. The van der Waals surface area contributed by atoms with Crippen molar-refractivity contribution in [3.8, 4) is 5.75 Å². The maximum absolute atomic E-state index is 14.1. The third kappa shape index (κ3) is 4.80. The van der Waals surface area contributed by atoms with Crippen LogP contribution in [0.4, 0.5) is 18.9 Å². The van der Waals surface area contributed by atoms with Gasteiger partial charge >= 0.3 is 0 Å². The molecule has 2 heterocycles. The van der Waals surface area contributed by atoms with E-state index in [9.17, 15) is 18.0 Å². The Hall–Kier alpha value is -2.78. The van der Waals surface area contributed by atoms with Gasteiger partial charge in [-0.15, -0.1) is 11.8 Å². The second-order valence-corrected chi connectivity index (χ2v) is 7.00. The second kappa shape index (κ2) is 9.15. The molecule has 1 aromatic carbocycles. The number of rotatable bonds is 6. The number of nitrogens with zero attached hydrogens (tertiary/aromatic N) is 2. The molecule has 0 aliphatic rings. The first kappa shape index (κ1) is 20.9. The lowest BCUT2D eigenvalue weighted by atomic mass is 10.2. The van der Waals surface area contributed by atoms with Gasteiger partial charge in [0.2, 0.25) is 5.82 Å². The number of aromatic nitrogens is 2. The van der Waals surface area contributed by atoms with Crippen molar-refractivity contribution in [3.63, 3.8) is 0 Å². The van der Waals surface area contributed by atoms with E-state index in [-0.39, 0.29) is 5.56 Å². The predicted octanol–water partition coefficient (Wildman–Crippen LogP) is 5.10. The van der Waals surface area contributed by atoms with Gasteiger partial charge in [-0.25, -0.2) is 18.7 Å². The minimum absolute atomic E-state index is 0.119. The number of pyridine rings is 2. The molecule has 0 aliphatic carbocycles. The Morgan fingerprint density at radius 3 is 2.69 bits per heavy atom. The molecule has 1 N–H and O–H groups in total. The molecule has 5 nitrogen and oxygen atoms in total. The summed E-state index contributed by atoms with van der Waals surface area (Å²) in [6, 6.07) is 7.08. The zero-order valence-corrected chi connectivity index (χ0v) is 16.5. The van der Waals surface area contributed by atoms with Gasteiger partial charge in [-0.2, -0.15) is 4.39 Å². The molecule has 29 heavy (non-hydrogen) atoms. The van der Waals surface area contributed by atoms with E-state index in [1.165, 1.54) is 30.1 Å². The van der Waals surface area contributed by atoms with Crippen LogP contribution < -0.4 is 10.1 Å². The molecule has 0 bridgehead atoms. The zero-order chi connectivity index (χ0) is 21.0. The van der Waals surface area contributed by atoms with Crippen molar-refractivity contribution in [1.29, 1.82) is 0 Å². The minimum Gasteiger partial charge on any atom is -0.491 e. The molecular formula is C19H13ClF3N3O2S. The van der Waals surface area contributed by atoms with Crippen LogP contribution in [0.25, 0.3) is 0 Å². The normalized spacial score (nSPS) is 10.7. The molecule has 0 atom stereocenters. The van der Waals surface area contributed by atoms with Crippen LogP contribution in [-0.2, 0) is 5.75 Å². The number of nitrogens with one attached hydrogen (secondary N) is 1. The highest BCUT2D eigenvalue weighted by atomic mass is 35.5. The first-order valence-electron chi connectivity index (χ1n) is 8.11. The van der Waals surface area contributed by atoms with Crippen LogP contribution >= 0.6 is 23.4 Å². The summed E-state index contributed by atoms with van der Waals surface area (Å²) in [5, 5.41) is 2.86. The molecule has 3 rings (SSSR count). The van der Waals surface area contributed by atoms with Gasteiger partial charge in [0, 0.05) is 24.2 Å². The van der Waals surface area contributed by atoms with Crippen LogP contribution in [0.5, 0.6) is 5.75 Å². The number of carbonyl (C=O) groups excluding carboxylic acids is 1. The van der Waals surface area contributed by atoms with E-state index < -0.39 is 34.8 Å².